The van der Waals surface area contributed by atoms with Crippen molar-refractivity contribution in [3.63, 3.8) is 0 Å². The van der Waals surface area contributed by atoms with E-state index in [9.17, 15) is 15.0 Å². The molecule has 0 aromatic carbocycles. The van der Waals surface area contributed by atoms with Crippen molar-refractivity contribution in [3.8, 4) is 23.1 Å². The maximum atomic E-state index is 11.6. The van der Waals surface area contributed by atoms with Gasteiger partial charge in [0.15, 0.2) is 0 Å². The number of rotatable bonds is 8. The number of aliphatic carboxylic acids is 1. The smallest absolute Gasteiger partial charge is 0.317 e. The molecule has 0 radical (unpaired) electrons. The van der Waals surface area contributed by atoms with Gasteiger partial charge in [-0.2, -0.15) is 4.98 Å². The summed E-state index contributed by atoms with van der Waals surface area (Å²) in [6.45, 7) is 5.30. The molecule has 3 heterocycles. The molecule has 2 fully saturated rings. The van der Waals surface area contributed by atoms with E-state index in [1.54, 1.807) is 37.8 Å². The maximum absolute atomic E-state index is 11.6. The lowest BCUT2D eigenvalue weighted by molar-refractivity contribution is -0.143. The minimum atomic E-state index is -1.11. The van der Waals surface area contributed by atoms with Gasteiger partial charge >= 0.3 is 12.0 Å². The molecule has 4 atom stereocenters. The standard InChI is InChI=1S/C26H32N6O5/c1-14-21(37-16-11-15-5-6-17(24(33)34)18(15)12-16)8-7-19(28-14)23-20(32(4)31-30-23)13-36-25-27-10-9-22(29-25)26(2,3)35/h7-10,15-18,35H,5-6,11-13H2,1-4H3,(H,33,34)/t15-,16+,17?,18+/m1/s1. The van der Waals surface area contributed by atoms with E-state index in [1.807, 2.05) is 19.1 Å². The summed E-state index contributed by atoms with van der Waals surface area (Å²) < 4.78 is 13.7. The first kappa shape index (κ1) is 25.1. The fourth-order valence-corrected chi connectivity index (χ4v) is 5.55. The van der Waals surface area contributed by atoms with Gasteiger partial charge in [0.25, 0.3) is 0 Å². The Morgan fingerprint density at radius 2 is 2.00 bits per heavy atom. The zero-order valence-electron chi connectivity index (χ0n) is 21.5. The zero-order chi connectivity index (χ0) is 26.3. The summed E-state index contributed by atoms with van der Waals surface area (Å²) in [6, 6.07) is 5.52. The minimum Gasteiger partial charge on any atom is -0.489 e. The first-order valence-corrected chi connectivity index (χ1v) is 12.5. The number of aliphatic hydroxyl groups is 1. The summed E-state index contributed by atoms with van der Waals surface area (Å²) >= 11 is 0. The van der Waals surface area contributed by atoms with Crippen LogP contribution in [0.3, 0.4) is 0 Å². The highest BCUT2D eigenvalue weighted by Crippen LogP contribution is 2.48. The number of carboxylic acids is 1. The van der Waals surface area contributed by atoms with E-state index >= 15 is 0 Å². The Morgan fingerprint density at radius 1 is 1.19 bits per heavy atom. The van der Waals surface area contributed by atoms with Crippen molar-refractivity contribution in [2.45, 2.75) is 64.8 Å². The summed E-state index contributed by atoms with van der Waals surface area (Å²) in [5.74, 6) is 0.384. The van der Waals surface area contributed by atoms with Gasteiger partial charge in [0, 0.05) is 13.2 Å². The predicted molar refractivity (Wildman–Crippen MR) is 132 cm³/mol. The SMILES string of the molecule is Cc1nc(-c2nnn(C)c2COc2nccc(C(C)(C)O)n2)ccc1O[C@H]1C[C@H]2CCC(C(=O)O)[C@H]2C1. The number of fused-ring (bicyclic) bond motifs is 1. The van der Waals surface area contributed by atoms with Gasteiger partial charge in [0.2, 0.25) is 0 Å². The summed E-state index contributed by atoms with van der Waals surface area (Å²) in [6.07, 6.45) is 4.93. The van der Waals surface area contributed by atoms with Crippen molar-refractivity contribution in [1.29, 1.82) is 0 Å². The van der Waals surface area contributed by atoms with Crippen molar-refractivity contribution in [2.24, 2.45) is 24.8 Å². The van der Waals surface area contributed by atoms with Crippen LogP contribution in [0.2, 0.25) is 0 Å². The first-order chi connectivity index (χ1) is 17.6. The monoisotopic (exact) mass is 508 g/mol. The van der Waals surface area contributed by atoms with Crippen LogP contribution in [0.4, 0.5) is 0 Å². The number of ether oxygens (including phenoxy) is 2. The second kappa shape index (κ2) is 9.70. The van der Waals surface area contributed by atoms with Crippen LogP contribution in [0.1, 0.15) is 56.6 Å². The Morgan fingerprint density at radius 3 is 2.73 bits per heavy atom. The molecule has 37 heavy (non-hydrogen) atoms. The van der Waals surface area contributed by atoms with Crippen molar-refractivity contribution in [3.05, 3.63) is 41.5 Å². The quantitative estimate of drug-likeness (QED) is 0.465. The summed E-state index contributed by atoms with van der Waals surface area (Å²) in [7, 11) is 1.77. The first-order valence-electron chi connectivity index (χ1n) is 12.5. The second-order valence-electron chi connectivity index (χ2n) is 10.5. The van der Waals surface area contributed by atoms with Gasteiger partial charge in [-0.1, -0.05) is 5.21 Å². The van der Waals surface area contributed by atoms with Crippen LogP contribution < -0.4 is 9.47 Å². The van der Waals surface area contributed by atoms with Gasteiger partial charge in [-0.05, 0) is 76.5 Å². The Balaban J connectivity index is 1.28. The van der Waals surface area contributed by atoms with E-state index in [0.29, 0.717) is 34.4 Å². The van der Waals surface area contributed by atoms with Gasteiger partial charge in [0.1, 0.15) is 29.3 Å². The van der Waals surface area contributed by atoms with E-state index in [-0.39, 0.29) is 30.6 Å². The number of aromatic nitrogens is 6. The molecule has 2 N–H and O–H groups in total. The van der Waals surface area contributed by atoms with Gasteiger partial charge < -0.3 is 19.7 Å². The number of carbonyl (C=O) groups is 1. The number of hydrogen-bond donors (Lipinski definition) is 2. The van der Waals surface area contributed by atoms with E-state index in [4.69, 9.17) is 14.5 Å². The molecule has 5 rings (SSSR count). The lowest BCUT2D eigenvalue weighted by atomic mass is 9.92. The van der Waals surface area contributed by atoms with E-state index < -0.39 is 11.6 Å². The Bertz CT molecular complexity index is 1300. The molecular weight excluding hydrogens is 476 g/mol. The third-order valence-electron chi connectivity index (χ3n) is 7.50. The van der Waals surface area contributed by atoms with Crippen molar-refractivity contribution in [1.82, 2.24) is 29.9 Å². The lowest BCUT2D eigenvalue weighted by Crippen LogP contribution is -2.21. The summed E-state index contributed by atoms with van der Waals surface area (Å²) in [4.78, 5) is 24.7. The Kier molecular flexibility index (Phi) is 6.57. The fourth-order valence-electron chi connectivity index (χ4n) is 5.55. The van der Waals surface area contributed by atoms with Gasteiger partial charge in [-0.25, -0.2) is 14.6 Å². The van der Waals surface area contributed by atoms with E-state index in [0.717, 1.165) is 31.4 Å². The van der Waals surface area contributed by atoms with Crippen molar-refractivity contribution in [2.75, 3.05) is 0 Å². The molecule has 2 saturated carbocycles. The second-order valence-corrected chi connectivity index (χ2v) is 10.5. The van der Waals surface area contributed by atoms with Crippen LogP contribution in [0, 0.1) is 24.7 Å². The van der Waals surface area contributed by atoms with Crippen LogP contribution in [-0.2, 0) is 24.1 Å². The average Bonchev–Trinajstić information content (AvgIpc) is 3.52. The highest BCUT2D eigenvalue weighted by molar-refractivity contribution is 5.71. The third-order valence-corrected chi connectivity index (χ3v) is 7.50. The number of nitrogens with zero attached hydrogens (tertiary/aromatic N) is 6. The predicted octanol–water partition coefficient (Wildman–Crippen LogP) is 3.05. The molecule has 11 heteroatoms. The van der Waals surface area contributed by atoms with Gasteiger partial charge in [0.05, 0.1) is 29.1 Å². The normalized spacial score (nSPS) is 23.2. The maximum Gasteiger partial charge on any atom is 0.317 e. The highest BCUT2D eigenvalue weighted by atomic mass is 16.5. The number of hydrogen-bond acceptors (Lipinski definition) is 9. The Labute approximate surface area is 214 Å². The molecular formula is C26H32N6O5. The topological polar surface area (TPSA) is 145 Å². The van der Waals surface area contributed by atoms with Gasteiger partial charge in [-0.3, -0.25) is 4.79 Å². The molecule has 196 valence electrons. The largest absolute Gasteiger partial charge is 0.489 e. The van der Waals surface area contributed by atoms with Crippen LogP contribution >= 0.6 is 0 Å². The van der Waals surface area contributed by atoms with Gasteiger partial charge in [-0.15, -0.1) is 5.10 Å². The number of pyridine rings is 1. The Hall–Kier alpha value is -3.60. The van der Waals surface area contributed by atoms with Crippen molar-refractivity contribution >= 4 is 5.97 Å². The molecule has 2 aliphatic carbocycles. The minimum absolute atomic E-state index is 0.00337. The zero-order valence-corrected chi connectivity index (χ0v) is 21.5. The summed E-state index contributed by atoms with van der Waals surface area (Å²) in [5.41, 5.74) is 1.98. The number of aryl methyl sites for hydroxylation is 2. The van der Waals surface area contributed by atoms with Crippen LogP contribution in [0.15, 0.2) is 24.4 Å². The molecule has 11 nitrogen and oxygen atoms in total. The summed E-state index contributed by atoms with van der Waals surface area (Å²) in [5, 5.41) is 28.1. The molecule has 3 aromatic heterocycles. The van der Waals surface area contributed by atoms with Crippen LogP contribution in [-0.4, -0.2) is 52.2 Å². The lowest BCUT2D eigenvalue weighted by Gasteiger charge is -2.18. The molecule has 0 bridgehead atoms. The molecule has 0 spiro atoms. The number of carboxylic acid groups (broad SMARTS) is 1. The highest BCUT2D eigenvalue weighted by Gasteiger charge is 2.47. The molecule has 0 amide bonds. The van der Waals surface area contributed by atoms with Crippen molar-refractivity contribution < 1.29 is 24.5 Å². The molecule has 0 aliphatic heterocycles. The van der Waals surface area contributed by atoms with Crippen LogP contribution in [0.5, 0.6) is 11.8 Å². The molecule has 1 unspecified atom stereocenters. The molecule has 2 aliphatic rings. The molecule has 3 aromatic rings. The third kappa shape index (κ3) is 5.13. The van der Waals surface area contributed by atoms with E-state index in [2.05, 4.69) is 20.3 Å². The average molecular weight is 509 g/mol. The fraction of sp³-hybridized carbons (Fsp3) is 0.538. The molecule has 0 saturated heterocycles. The van der Waals surface area contributed by atoms with Crippen LogP contribution in [0.25, 0.3) is 11.4 Å². The van der Waals surface area contributed by atoms with E-state index in [1.165, 1.54) is 0 Å².